The third kappa shape index (κ3) is 13.7. The van der Waals surface area contributed by atoms with E-state index in [4.69, 9.17) is 52.1 Å². The Hall–Kier alpha value is -5.67. The number of hydrogen-bond acceptors (Lipinski definition) is 24. The monoisotopic (exact) mass is 954 g/mol. The predicted octanol–water partition coefficient (Wildman–Crippen LogP) is -0.908. The quantitative estimate of drug-likeness (QED) is 0.0412. The van der Waals surface area contributed by atoms with Gasteiger partial charge in [0.25, 0.3) is 0 Å². The summed E-state index contributed by atoms with van der Waals surface area (Å²) >= 11 is 0. The Bertz CT molecular complexity index is 2070. The van der Waals surface area contributed by atoms with Crippen LogP contribution in [0.15, 0.2) is 42.5 Å². The first-order valence-corrected chi connectivity index (χ1v) is 20.8. The van der Waals surface area contributed by atoms with Crippen molar-refractivity contribution in [3.8, 4) is 23.0 Å². The molecule has 15 atom stereocenters. The first-order chi connectivity index (χ1) is 31.7. The Morgan fingerprint density at radius 2 is 1.15 bits per heavy atom. The standard InChI is InChI=1S/C43H54O24/c1-18-35(60-19(2)45)37(61-20(3)46)40(63-22(5)48)43(59-18)67-38-36(66-31(53)11-8-23-6-9-25(49)27(51)14-23)30(17-58-41-34(56)33(55)32(54)29(16-44)64-41)65-42(39(38)62-21(4)47)57-13-12-24-7-10-26(50)28(52)15-24/h6-11,14-15,18,29-30,32-44,49-52,54-56H,12-13,16-17H2,1-5H3/b11-8+/t18-,29+,30+,32+,33-,34+,35-,36+,37+,38-,39+,40+,41+,42+,43-/m0/s1. The van der Waals surface area contributed by atoms with E-state index in [-0.39, 0.29) is 18.6 Å². The smallest absolute Gasteiger partial charge is 0.331 e. The zero-order valence-corrected chi connectivity index (χ0v) is 36.7. The lowest BCUT2D eigenvalue weighted by Crippen LogP contribution is -2.67. The molecule has 24 nitrogen and oxygen atoms in total. The number of carbonyl (C=O) groups excluding carboxylic acids is 5. The first kappa shape index (κ1) is 52.3. The lowest BCUT2D eigenvalue weighted by Gasteiger charge is -2.49. The summed E-state index contributed by atoms with van der Waals surface area (Å²) in [4.78, 5) is 64.0. The van der Waals surface area contributed by atoms with Crippen LogP contribution in [0.2, 0.25) is 0 Å². The molecule has 3 heterocycles. The maximum Gasteiger partial charge on any atom is 0.331 e. The van der Waals surface area contributed by atoms with Crippen molar-refractivity contribution in [3.05, 3.63) is 53.6 Å². The fourth-order valence-corrected chi connectivity index (χ4v) is 7.39. The van der Waals surface area contributed by atoms with E-state index in [1.807, 2.05) is 0 Å². The van der Waals surface area contributed by atoms with Crippen molar-refractivity contribution >= 4 is 35.9 Å². The Balaban J connectivity index is 1.60. The number of rotatable bonds is 17. The van der Waals surface area contributed by atoms with E-state index in [9.17, 15) is 64.8 Å². The molecule has 5 rings (SSSR count). The van der Waals surface area contributed by atoms with Gasteiger partial charge in [-0.25, -0.2) is 4.79 Å². The SMILES string of the molecule is CC(=O)O[C@@H]1[C@@H](OC(C)=O)[C@H](C)O[C@@H](O[C@@H]2[C@@H](OC(C)=O)[C@H](OCCc3ccc(O)c(O)c3)O[C@H](CO[C@@H]3O[C@H](CO)[C@@H](O)[C@H](O)[C@H]3O)[C@H]2OC(=O)/C=C/c2ccc(O)c(O)c2)[C@@H]1OC(C)=O. The topological polar surface area (TPSA) is 349 Å². The molecule has 0 bridgehead atoms. The molecule has 3 saturated heterocycles. The minimum atomic E-state index is -1.92. The summed E-state index contributed by atoms with van der Waals surface area (Å²) in [5.74, 6) is -6.59. The zero-order chi connectivity index (χ0) is 49.3. The second-order valence-electron chi connectivity index (χ2n) is 15.6. The second kappa shape index (κ2) is 23.4. The van der Waals surface area contributed by atoms with Crippen molar-refractivity contribution in [1.29, 1.82) is 0 Å². The summed E-state index contributed by atoms with van der Waals surface area (Å²) < 4.78 is 64.5. The summed E-state index contributed by atoms with van der Waals surface area (Å²) in [6.45, 7) is 3.68. The third-order valence-electron chi connectivity index (χ3n) is 10.5. The van der Waals surface area contributed by atoms with Crippen molar-refractivity contribution in [2.45, 2.75) is 133 Å². The van der Waals surface area contributed by atoms with Crippen molar-refractivity contribution < 1.29 is 117 Å². The Kier molecular flexibility index (Phi) is 18.2. The summed E-state index contributed by atoms with van der Waals surface area (Å²) in [7, 11) is 0. The molecule has 0 saturated carbocycles. The number of aromatic hydroxyl groups is 4. The van der Waals surface area contributed by atoms with Crippen molar-refractivity contribution in [2.75, 3.05) is 19.8 Å². The Morgan fingerprint density at radius 3 is 1.75 bits per heavy atom. The van der Waals surface area contributed by atoms with E-state index in [0.717, 1.165) is 45.9 Å². The van der Waals surface area contributed by atoms with Crippen molar-refractivity contribution in [2.24, 2.45) is 0 Å². The zero-order valence-electron chi connectivity index (χ0n) is 36.7. The molecule has 24 heteroatoms. The van der Waals surface area contributed by atoms with Crippen LogP contribution < -0.4 is 0 Å². The van der Waals surface area contributed by atoms with Gasteiger partial charge in [0.1, 0.15) is 36.6 Å². The van der Waals surface area contributed by atoms with Gasteiger partial charge in [0.15, 0.2) is 72.4 Å². The highest BCUT2D eigenvalue weighted by Crippen LogP contribution is 2.37. The second-order valence-corrected chi connectivity index (χ2v) is 15.6. The molecule has 3 aliphatic rings. The number of benzene rings is 2. The maximum atomic E-state index is 13.8. The summed E-state index contributed by atoms with van der Waals surface area (Å²) in [5, 5.41) is 81.1. The molecule has 0 unspecified atom stereocenters. The fraction of sp³-hybridized carbons (Fsp3) is 0.558. The summed E-state index contributed by atoms with van der Waals surface area (Å²) in [6, 6.07) is 7.60. The predicted molar refractivity (Wildman–Crippen MR) is 218 cm³/mol. The highest BCUT2D eigenvalue weighted by atomic mass is 16.8. The van der Waals surface area contributed by atoms with Crippen LogP contribution in [0.4, 0.5) is 0 Å². The molecular formula is C43H54O24. The molecule has 370 valence electrons. The summed E-state index contributed by atoms with van der Waals surface area (Å²) in [6.07, 6.45) is -23.2. The molecule has 2 aromatic carbocycles. The van der Waals surface area contributed by atoms with Crippen LogP contribution in [-0.2, 0) is 82.5 Å². The van der Waals surface area contributed by atoms with E-state index < -0.39 is 158 Å². The van der Waals surface area contributed by atoms with Crippen LogP contribution in [-0.4, -0.2) is 183 Å². The van der Waals surface area contributed by atoms with E-state index in [2.05, 4.69) is 0 Å². The number of aliphatic hydroxyl groups is 4. The number of hydrogen-bond donors (Lipinski definition) is 8. The minimum Gasteiger partial charge on any atom is -0.504 e. The molecular weight excluding hydrogens is 900 g/mol. The van der Waals surface area contributed by atoms with Crippen molar-refractivity contribution in [1.82, 2.24) is 0 Å². The van der Waals surface area contributed by atoms with E-state index >= 15 is 0 Å². The normalized spacial score (nSPS) is 31.9. The molecule has 3 fully saturated rings. The van der Waals surface area contributed by atoms with Crippen molar-refractivity contribution in [3.63, 3.8) is 0 Å². The van der Waals surface area contributed by atoms with Crippen LogP contribution in [0.25, 0.3) is 6.08 Å². The van der Waals surface area contributed by atoms with E-state index in [1.54, 1.807) is 0 Å². The first-order valence-electron chi connectivity index (χ1n) is 20.8. The Labute approximate surface area is 382 Å². The molecule has 3 aliphatic heterocycles. The summed E-state index contributed by atoms with van der Waals surface area (Å²) in [5.41, 5.74) is 0.668. The fourth-order valence-electron chi connectivity index (χ4n) is 7.39. The molecule has 0 aliphatic carbocycles. The molecule has 8 N–H and O–H groups in total. The average molecular weight is 955 g/mol. The van der Waals surface area contributed by atoms with Gasteiger partial charge in [0.05, 0.1) is 25.9 Å². The molecule has 0 spiro atoms. The van der Waals surface area contributed by atoms with Gasteiger partial charge in [0, 0.05) is 33.8 Å². The van der Waals surface area contributed by atoms with Gasteiger partial charge in [-0.05, 0) is 54.8 Å². The number of phenolic OH excluding ortho intramolecular Hbond substituents is 4. The molecule has 2 aromatic rings. The largest absolute Gasteiger partial charge is 0.504 e. The van der Waals surface area contributed by atoms with Crippen LogP contribution in [0.1, 0.15) is 45.7 Å². The molecule has 0 aromatic heterocycles. The number of ether oxygens (including phenoxy) is 11. The number of carbonyl (C=O) groups is 5. The highest BCUT2D eigenvalue weighted by Gasteiger charge is 2.57. The average Bonchev–Trinajstić information content (AvgIpc) is 3.25. The number of phenols is 4. The molecule has 0 radical (unpaired) electrons. The lowest BCUT2D eigenvalue weighted by atomic mass is 9.96. The van der Waals surface area contributed by atoms with Gasteiger partial charge in [-0.15, -0.1) is 0 Å². The van der Waals surface area contributed by atoms with Gasteiger partial charge in [-0.3, -0.25) is 19.2 Å². The van der Waals surface area contributed by atoms with E-state index in [0.29, 0.717) is 5.56 Å². The van der Waals surface area contributed by atoms with Crippen LogP contribution in [0, 0.1) is 0 Å². The van der Waals surface area contributed by atoms with Crippen LogP contribution >= 0.6 is 0 Å². The van der Waals surface area contributed by atoms with Gasteiger partial charge in [0.2, 0.25) is 0 Å². The van der Waals surface area contributed by atoms with Crippen LogP contribution in [0.5, 0.6) is 23.0 Å². The minimum absolute atomic E-state index is 0.0352. The van der Waals surface area contributed by atoms with Crippen LogP contribution in [0.3, 0.4) is 0 Å². The third-order valence-corrected chi connectivity index (χ3v) is 10.5. The van der Waals surface area contributed by atoms with Gasteiger partial charge in [-0.1, -0.05) is 12.1 Å². The lowest BCUT2D eigenvalue weighted by molar-refractivity contribution is -0.365. The molecule has 67 heavy (non-hydrogen) atoms. The Morgan fingerprint density at radius 1 is 0.582 bits per heavy atom. The van der Waals surface area contributed by atoms with Gasteiger partial charge in [-0.2, -0.15) is 0 Å². The number of aliphatic hydroxyl groups excluding tert-OH is 4. The van der Waals surface area contributed by atoms with Gasteiger partial charge < -0.3 is 93.0 Å². The van der Waals surface area contributed by atoms with E-state index in [1.165, 1.54) is 37.3 Å². The van der Waals surface area contributed by atoms with Gasteiger partial charge >= 0.3 is 29.8 Å². The highest BCUT2D eigenvalue weighted by molar-refractivity contribution is 5.87. The molecule has 0 amide bonds. The maximum absolute atomic E-state index is 13.8. The number of esters is 5.